The monoisotopic (exact) mass is 325 g/mol. The van der Waals surface area contributed by atoms with Crippen LogP contribution in [-0.4, -0.2) is 35.1 Å². The lowest BCUT2D eigenvalue weighted by atomic mass is 10.2. The number of rotatable bonds is 4. The Morgan fingerprint density at radius 1 is 1.14 bits per heavy atom. The highest BCUT2D eigenvalue weighted by Gasteiger charge is 2.09. The number of amides is 2. The van der Waals surface area contributed by atoms with Crippen molar-refractivity contribution in [1.82, 2.24) is 16.2 Å². The minimum absolute atomic E-state index is 0.0397. The quantitative estimate of drug-likeness (QED) is 0.349. The molecule has 0 radical (unpaired) electrons. The lowest BCUT2D eigenvalue weighted by Gasteiger charge is -2.10. The molecular formula is C13H15N3O5S. The first-order valence-electron chi connectivity index (χ1n) is 6.18. The van der Waals surface area contributed by atoms with Gasteiger partial charge in [0.2, 0.25) is 5.91 Å². The fourth-order valence-electron chi connectivity index (χ4n) is 1.34. The van der Waals surface area contributed by atoms with Crippen LogP contribution in [0.15, 0.2) is 24.3 Å². The average molecular weight is 325 g/mol. The van der Waals surface area contributed by atoms with E-state index in [1.165, 1.54) is 31.4 Å². The summed E-state index contributed by atoms with van der Waals surface area (Å²) in [5, 5.41) is 11.3. The third kappa shape index (κ3) is 6.18. The first kappa shape index (κ1) is 17.4. The summed E-state index contributed by atoms with van der Waals surface area (Å²) in [5.74, 6) is -1.44. The Kier molecular flexibility index (Phi) is 6.77. The number of ether oxygens (including phenoxy) is 1. The second kappa shape index (κ2) is 8.57. The van der Waals surface area contributed by atoms with Crippen LogP contribution in [0, 0.1) is 0 Å². The van der Waals surface area contributed by atoms with Gasteiger partial charge in [0, 0.05) is 12.0 Å². The molecule has 0 aliphatic rings. The highest BCUT2D eigenvalue weighted by Crippen LogP contribution is 2.08. The Labute approximate surface area is 131 Å². The van der Waals surface area contributed by atoms with Crippen molar-refractivity contribution in [2.24, 2.45) is 0 Å². The number of thiocarbonyl (C=S) groups is 1. The summed E-state index contributed by atoms with van der Waals surface area (Å²) in [6.07, 6.45) is -0.148. The molecule has 0 spiro atoms. The molecule has 0 aliphatic carbocycles. The van der Waals surface area contributed by atoms with Gasteiger partial charge in [-0.25, -0.2) is 0 Å². The van der Waals surface area contributed by atoms with Crippen molar-refractivity contribution < 1.29 is 24.2 Å². The van der Waals surface area contributed by atoms with E-state index >= 15 is 0 Å². The van der Waals surface area contributed by atoms with Crippen LogP contribution < -0.4 is 16.2 Å². The van der Waals surface area contributed by atoms with E-state index in [0.717, 1.165) is 0 Å². The minimum atomic E-state index is -0.505. The summed E-state index contributed by atoms with van der Waals surface area (Å²) >= 11 is 4.81. The van der Waals surface area contributed by atoms with Gasteiger partial charge in [-0.05, 0) is 36.5 Å². The second-order valence-electron chi connectivity index (χ2n) is 4.08. The fourth-order valence-corrected chi connectivity index (χ4v) is 1.50. The van der Waals surface area contributed by atoms with E-state index in [9.17, 15) is 14.4 Å². The van der Waals surface area contributed by atoms with Crippen LogP contribution in [0.1, 0.15) is 23.2 Å². The number of benzene rings is 1. The van der Waals surface area contributed by atoms with E-state index < -0.39 is 17.8 Å². The number of hydrazine groups is 1. The number of phenolic OH excluding ortho intramolecular Hbond substituents is 1. The van der Waals surface area contributed by atoms with Crippen LogP contribution in [0.3, 0.4) is 0 Å². The summed E-state index contributed by atoms with van der Waals surface area (Å²) in [4.78, 5) is 34.0. The van der Waals surface area contributed by atoms with Crippen LogP contribution in [0.4, 0.5) is 0 Å². The van der Waals surface area contributed by atoms with Gasteiger partial charge in [0.15, 0.2) is 5.11 Å². The van der Waals surface area contributed by atoms with Crippen molar-refractivity contribution in [3.8, 4) is 5.75 Å². The summed E-state index contributed by atoms with van der Waals surface area (Å²) in [6, 6.07) is 5.57. The Hall–Kier alpha value is -2.68. The molecule has 1 rings (SSSR count). The number of carbonyl (C=O) groups is 3. The van der Waals surface area contributed by atoms with Gasteiger partial charge < -0.3 is 15.2 Å². The SMILES string of the molecule is COC(=O)CCC(=O)NC(=S)NNC(=O)c1ccc(O)cc1. The van der Waals surface area contributed by atoms with Crippen molar-refractivity contribution in [3.05, 3.63) is 29.8 Å². The predicted octanol–water partition coefficient (Wildman–Crippen LogP) is -0.0191. The van der Waals surface area contributed by atoms with Gasteiger partial charge in [0.1, 0.15) is 5.75 Å². The summed E-state index contributed by atoms with van der Waals surface area (Å²) in [6.45, 7) is 0. The molecule has 2 amide bonds. The Morgan fingerprint density at radius 3 is 2.36 bits per heavy atom. The summed E-state index contributed by atoms with van der Waals surface area (Å²) in [5.41, 5.74) is 4.93. The van der Waals surface area contributed by atoms with Crippen LogP contribution in [0.5, 0.6) is 5.75 Å². The third-order valence-electron chi connectivity index (χ3n) is 2.46. The van der Waals surface area contributed by atoms with Crippen LogP contribution in [0.25, 0.3) is 0 Å². The zero-order chi connectivity index (χ0) is 16.5. The summed E-state index contributed by atoms with van der Waals surface area (Å²) < 4.78 is 4.40. The van der Waals surface area contributed by atoms with Crippen LogP contribution in [-0.2, 0) is 14.3 Å². The number of methoxy groups -OCH3 is 1. The third-order valence-corrected chi connectivity index (χ3v) is 2.66. The first-order chi connectivity index (χ1) is 10.4. The van der Waals surface area contributed by atoms with Crippen molar-refractivity contribution >= 4 is 35.1 Å². The number of nitrogens with one attached hydrogen (secondary N) is 3. The minimum Gasteiger partial charge on any atom is -0.508 e. The fraction of sp³-hybridized carbons (Fsp3) is 0.231. The van der Waals surface area contributed by atoms with Gasteiger partial charge in [0.05, 0.1) is 13.5 Å². The van der Waals surface area contributed by atoms with Gasteiger partial charge in [-0.1, -0.05) is 0 Å². The van der Waals surface area contributed by atoms with Crippen molar-refractivity contribution in [2.45, 2.75) is 12.8 Å². The van der Waals surface area contributed by atoms with Gasteiger partial charge >= 0.3 is 5.97 Å². The number of carbonyl (C=O) groups excluding carboxylic acids is 3. The Balaban J connectivity index is 2.33. The zero-order valence-corrected chi connectivity index (χ0v) is 12.5. The molecule has 118 valence electrons. The van der Waals surface area contributed by atoms with E-state index in [1.54, 1.807) is 0 Å². The van der Waals surface area contributed by atoms with E-state index in [-0.39, 0.29) is 23.7 Å². The predicted molar refractivity (Wildman–Crippen MR) is 80.7 cm³/mol. The molecule has 0 fully saturated rings. The topological polar surface area (TPSA) is 117 Å². The maximum absolute atomic E-state index is 11.7. The molecule has 9 heteroatoms. The lowest BCUT2D eigenvalue weighted by Crippen LogP contribution is -2.48. The average Bonchev–Trinajstić information content (AvgIpc) is 2.50. The molecule has 22 heavy (non-hydrogen) atoms. The van der Waals surface area contributed by atoms with E-state index in [4.69, 9.17) is 17.3 Å². The number of esters is 1. The van der Waals surface area contributed by atoms with E-state index in [2.05, 4.69) is 20.9 Å². The highest BCUT2D eigenvalue weighted by atomic mass is 32.1. The summed E-state index contributed by atoms with van der Waals surface area (Å²) in [7, 11) is 1.23. The molecule has 8 nitrogen and oxygen atoms in total. The van der Waals surface area contributed by atoms with Gasteiger partial charge in [0.25, 0.3) is 5.91 Å². The van der Waals surface area contributed by atoms with Crippen molar-refractivity contribution in [1.29, 1.82) is 0 Å². The molecule has 1 aromatic carbocycles. The number of phenols is 1. The maximum Gasteiger partial charge on any atom is 0.306 e. The molecule has 0 saturated carbocycles. The molecule has 0 aromatic heterocycles. The van der Waals surface area contributed by atoms with Gasteiger partial charge in [-0.3, -0.25) is 25.2 Å². The number of hydrogen-bond acceptors (Lipinski definition) is 6. The largest absolute Gasteiger partial charge is 0.508 e. The second-order valence-corrected chi connectivity index (χ2v) is 4.49. The standard InChI is InChI=1S/C13H15N3O5S/c1-21-11(19)7-6-10(18)14-13(22)16-15-12(20)8-2-4-9(17)5-3-8/h2-5,17H,6-7H2,1H3,(H,15,20)(H2,14,16,18,22). The molecule has 0 unspecified atom stereocenters. The normalized spacial score (nSPS) is 9.50. The van der Waals surface area contributed by atoms with E-state index in [0.29, 0.717) is 5.56 Å². The number of aromatic hydroxyl groups is 1. The number of hydrogen-bond donors (Lipinski definition) is 4. The molecule has 4 N–H and O–H groups in total. The highest BCUT2D eigenvalue weighted by molar-refractivity contribution is 7.80. The molecule has 0 heterocycles. The molecule has 0 aliphatic heterocycles. The van der Waals surface area contributed by atoms with Gasteiger partial charge in [-0.15, -0.1) is 0 Å². The zero-order valence-electron chi connectivity index (χ0n) is 11.7. The molecular weight excluding hydrogens is 310 g/mol. The van der Waals surface area contributed by atoms with Crippen molar-refractivity contribution in [2.75, 3.05) is 7.11 Å². The first-order valence-corrected chi connectivity index (χ1v) is 6.59. The lowest BCUT2D eigenvalue weighted by molar-refractivity contribution is -0.142. The Morgan fingerprint density at radius 2 is 1.77 bits per heavy atom. The molecule has 0 saturated heterocycles. The molecule has 0 atom stereocenters. The van der Waals surface area contributed by atoms with Crippen LogP contribution >= 0.6 is 12.2 Å². The molecule has 1 aromatic rings. The molecule has 0 bridgehead atoms. The van der Waals surface area contributed by atoms with Crippen molar-refractivity contribution in [3.63, 3.8) is 0 Å². The van der Waals surface area contributed by atoms with Crippen LogP contribution in [0.2, 0.25) is 0 Å². The van der Waals surface area contributed by atoms with Gasteiger partial charge in [-0.2, -0.15) is 0 Å². The maximum atomic E-state index is 11.7. The smallest absolute Gasteiger partial charge is 0.306 e. The Bertz CT molecular complexity index is 574. The van der Waals surface area contributed by atoms with E-state index in [1.807, 2.05) is 0 Å².